The van der Waals surface area contributed by atoms with Crippen LogP contribution in [-0.4, -0.2) is 17.1 Å². The fraction of sp³-hybridized carbons (Fsp3) is 0.467. The molecule has 3 heteroatoms. The Kier molecular flexibility index (Phi) is 5.56. The van der Waals surface area contributed by atoms with Crippen LogP contribution in [0.1, 0.15) is 38.8 Å². The first kappa shape index (κ1) is 14.4. The average molecular weight is 246 g/mol. The highest BCUT2D eigenvalue weighted by atomic mass is 16.5. The second-order valence-electron chi connectivity index (χ2n) is 3.69. The summed E-state index contributed by atoms with van der Waals surface area (Å²) < 4.78 is 5.16. The number of aryl methyl sites for hydroxylation is 2. The zero-order valence-corrected chi connectivity index (χ0v) is 11.9. The fourth-order valence-corrected chi connectivity index (χ4v) is 1.95. The van der Waals surface area contributed by atoms with Crippen molar-refractivity contribution in [1.29, 1.82) is 0 Å². The van der Waals surface area contributed by atoms with E-state index in [1.54, 1.807) is 7.11 Å². The molecular weight excluding hydrogens is 224 g/mol. The minimum atomic E-state index is 0.650. The molecule has 0 unspecified atom stereocenters. The van der Waals surface area contributed by atoms with Gasteiger partial charge in [0, 0.05) is 12.3 Å². The van der Waals surface area contributed by atoms with Crippen molar-refractivity contribution in [3.05, 3.63) is 29.5 Å². The lowest BCUT2D eigenvalue weighted by Crippen LogP contribution is -1.98. The molecule has 0 aliphatic heterocycles. The molecule has 0 aliphatic carbocycles. The number of methoxy groups -OCH3 is 1. The zero-order chi connectivity index (χ0) is 13.5. The molecule has 0 saturated carbocycles. The molecule has 0 spiro atoms. The van der Waals surface area contributed by atoms with E-state index in [2.05, 4.69) is 23.8 Å². The SMILES string of the molecule is CC.CCc1cnc2ccc(OC)nc2c1CC. The van der Waals surface area contributed by atoms with Crippen molar-refractivity contribution >= 4 is 11.0 Å². The molecule has 0 bridgehead atoms. The highest BCUT2D eigenvalue weighted by molar-refractivity contribution is 5.79. The van der Waals surface area contributed by atoms with E-state index in [1.165, 1.54) is 11.1 Å². The number of fused-ring (bicyclic) bond motifs is 1. The Labute approximate surface area is 109 Å². The summed E-state index contributed by atoms with van der Waals surface area (Å²) in [6.45, 7) is 8.29. The van der Waals surface area contributed by atoms with Gasteiger partial charge in [0.05, 0.1) is 18.1 Å². The van der Waals surface area contributed by atoms with Gasteiger partial charge in [-0.15, -0.1) is 0 Å². The Balaban J connectivity index is 0.000000771. The molecule has 0 fully saturated rings. The Morgan fingerprint density at radius 3 is 2.39 bits per heavy atom. The smallest absolute Gasteiger partial charge is 0.213 e. The zero-order valence-electron chi connectivity index (χ0n) is 11.9. The number of hydrogen-bond acceptors (Lipinski definition) is 3. The third-order valence-electron chi connectivity index (χ3n) is 2.82. The van der Waals surface area contributed by atoms with Gasteiger partial charge >= 0.3 is 0 Å². The number of nitrogens with zero attached hydrogens (tertiary/aromatic N) is 2. The van der Waals surface area contributed by atoms with Gasteiger partial charge < -0.3 is 4.74 Å². The summed E-state index contributed by atoms with van der Waals surface area (Å²) >= 11 is 0. The molecule has 0 N–H and O–H groups in total. The predicted octanol–water partition coefficient (Wildman–Crippen LogP) is 3.79. The third kappa shape index (κ3) is 2.78. The van der Waals surface area contributed by atoms with Crippen LogP contribution in [-0.2, 0) is 12.8 Å². The molecule has 2 heterocycles. The lowest BCUT2D eigenvalue weighted by atomic mass is 10.0. The molecule has 98 valence electrons. The van der Waals surface area contributed by atoms with Crippen molar-refractivity contribution < 1.29 is 4.74 Å². The molecule has 0 aliphatic rings. The summed E-state index contributed by atoms with van der Waals surface area (Å²) in [7, 11) is 1.64. The van der Waals surface area contributed by atoms with Gasteiger partial charge in [-0.25, -0.2) is 4.98 Å². The highest BCUT2D eigenvalue weighted by Crippen LogP contribution is 2.22. The first-order chi connectivity index (χ1) is 8.80. The van der Waals surface area contributed by atoms with E-state index in [-0.39, 0.29) is 0 Å². The number of aromatic nitrogens is 2. The van der Waals surface area contributed by atoms with E-state index >= 15 is 0 Å². The van der Waals surface area contributed by atoms with Gasteiger partial charge in [0.1, 0.15) is 0 Å². The van der Waals surface area contributed by atoms with Crippen LogP contribution in [0.3, 0.4) is 0 Å². The summed E-state index contributed by atoms with van der Waals surface area (Å²) in [6, 6.07) is 3.81. The van der Waals surface area contributed by atoms with Crippen LogP contribution in [0, 0.1) is 0 Å². The maximum atomic E-state index is 5.16. The van der Waals surface area contributed by atoms with Gasteiger partial charge in [-0.1, -0.05) is 27.7 Å². The summed E-state index contributed by atoms with van der Waals surface area (Å²) in [6.07, 6.45) is 3.92. The largest absolute Gasteiger partial charge is 0.481 e. The van der Waals surface area contributed by atoms with Crippen LogP contribution in [0.15, 0.2) is 18.3 Å². The maximum Gasteiger partial charge on any atom is 0.213 e. The van der Waals surface area contributed by atoms with Crippen molar-refractivity contribution in [3.63, 3.8) is 0 Å². The summed E-state index contributed by atoms with van der Waals surface area (Å²) in [4.78, 5) is 8.91. The van der Waals surface area contributed by atoms with E-state index in [1.807, 2.05) is 32.2 Å². The number of hydrogen-bond donors (Lipinski definition) is 0. The minimum Gasteiger partial charge on any atom is -0.481 e. The monoisotopic (exact) mass is 246 g/mol. The van der Waals surface area contributed by atoms with Gasteiger partial charge in [-0.05, 0) is 30.0 Å². The molecular formula is C15H22N2O. The predicted molar refractivity (Wildman–Crippen MR) is 76.2 cm³/mol. The van der Waals surface area contributed by atoms with Gasteiger partial charge in [0.15, 0.2) is 0 Å². The van der Waals surface area contributed by atoms with Crippen LogP contribution in [0.2, 0.25) is 0 Å². The Morgan fingerprint density at radius 1 is 1.11 bits per heavy atom. The van der Waals surface area contributed by atoms with Crippen LogP contribution in [0.25, 0.3) is 11.0 Å². The van der Waals surface area contributed by atoms with E-state index in [0.717, 1.165) is 23.9 Å². The Bertz CT molecular complexity index is 504. The fourth-order valence-electron chi connectivity index (χ4n) is 1.95. The van der Waals surface area contributed by atoms with Crippen molar-refractivity contribution in [1.82, 2.24) is 9.97 Å². The Morgan fingerprint density at radius 2 is 1.83 bits per heavy atom. The summed E-state index contributed by atoms with van der Waals surface area (Å²) in [5, 5.41) is 0. The molecule has 2 aromatic heterocycles. The first-order valence-electron chi connectivity index (χ1n) is 6.61. The van der Waals surface area contributed by atoms with Gasteiger partial charge in [0.25, 0.3) is 0 Å². The molecule has 3 nitrogen and oxygen atoms in total. The number of rotatable bonds is 3. The standard InChI is InChI=1S/C13H16N2O.C2H6/c1-4-9-8-14-11-6-7-12(16-3)15-13(11)10(9)5-2;1-2/h6-8H,4-5H2,1-3H3;1-2H3. The molecule has 0 aromatic carbocycles. The highest BCUT2D eigenvalue weighted by Gasteiger charge is 2.08. The minimum absolute atomic E-state index is 0.650. The average Bonchev–Trinajstić information content (AvgIpc) is 2.47. The van der Waals surface area contributed by atoms with Gasteiger partial charge in [0.2, 0.25) is 5.88 Å². The van der Waals surface area contributed by atoms with Crippen LogP contribution < -0.4 is 4.74 Å². The molecule has 18 heavy (non-hydrogen) atoms. The molecule has 0 saturated heterocycles. The van der Waals surface area contributed by atoms with Gasteiger partial charge in [-0.2, -0.15) is 0 Å². The molecule has 0 radical (unpaired) electrons. The van der Waals surface area contributed by atoms with Gasteiger partial charge in [-0.3, -0.25) is 4.98 Å². The molecule has 0 amide bonds. The number of pyridine rings is 2. The second-order valence-corrected chi connectivity index (χ2v) is 3.69. The Hall–Kier alpha value is -1.64. The quantitative estimate of drug-likeness (QED) is 0.826. The van der Waals surface area contributed by atoms with Crippen molar-refractivity contribution in [2.75, 3.05) is 7.11 Å². The van der Waals surface area contributed by atoms with E-state index < -0.39 is 0 Å². The van der Waals surface area contributed by atoms with Crippen LogP contribution in [0.4, 0.5) is 0 Å². The summed E-state index contributed by atoms with van der Waals surface area (Å²) in [5.74, 6) is 0.650. The molecule has 2 rings (SSSR count). The van der Waals surface area contributed by atoms with Crippen molar-refractivity contribution in [2.24, 2.45) is 0 Å². The lowest BCUT2D eigenvalue weighted by Gasteiger charge is -2.09. The van der Waals surface area contributed by atoms with Crippen molar-refractivity contribution in [2.45, 2.75) is 40.5 Å². The molecule has 2 aromatic rings. The normalized spacial score (nSPS) is 9.83. The van der Waals surface area contributed by atoms with Crippen LogP contribution >= 0.6 is 0 Å². The van der Waals surface area contributed by atoms with Crippen molar-refractivity contribution in [3.8, 4) is 5.88 Å². The third-order valence-corrected chi connectivity index (χ3v) is 2.82. The van der Waals surface area contributed by atoms with Crippen LogP contribution in [0.5, 0.6) is 5.88 Å². The van der Waals surface area contributed by atoms with E-state index in [9.17, 15) is 0 Å². The summed E-state index contributed by atoms with van der Waals surface area (Å²) in [5.41, 5.74) is 4.47. The topological polar surface area (TPSA) is 35.0 Å². The lowest BCUT2D eigenvalue weighted by molar-refractivity contribution is 0.399. The number of ether oxygens (including phenoxy) is 1. The molecule has 0 atom stereocenters. The van der Waals surface area contributed by atoms with E-state index in [4.69, 9.17) is 4.74 Å². The maximum absolute atomic E-state index is 5.16. The first-order valence-corrected chi connectivity index (χ1v) is 6.61. The second kappa shape index (κ2) is 6.94. The van der Waals surface area contributed by atoms with E-state index in [0.29, 0.717) is 5.88 Å².